The van der Waals surface area contributed by atoms with Crippen LogP contribution in [-0.4, -0.2) is 44.0 Å². The van der Waals surface area contributed by atoms with Crippen molar-refractivity contribution in [3.63, 3.8) is 0 Å². The Morgan fingerprint density at radius 1 is 1.06 bits per heavy atom. The van der Waals surface area contributed by atoms with Gasteiger partial charge >= 0.3 is 6.03 Å². The number of nitrogens with one attached hydrogen (secondary N) is 3. The summed E-state index contributed by atoms with van der Waals surface area (Å²) in [5.74, 6) is 0.383. The number of hydrogen-bond acceptors (Lipinski definition) is 6. The third kappa shape index (κ3) is 4.31. The fraction of sp³-hybridized carbons (Fsp3) is 0.120. The summed E-state index contributed by atoms with van der Waals surface area (Å²) in [5.41, 5.74) is 7.13. The normalized spacial score (nSPS) is 13.7. The van der Waals surface area contributed by atoms with Crippen LogP contribution >= 0.6 is 11.3 Å². The summed E-state index contributed by atoms with van der Waals surface area (Å²) in [5, 5.41) is 7.10. The number of rotatable bonds is 4. The number of carbonyl (C=O) groups excluding carboxylic acids is 1. The largest absolute Gasteiger partial charge is 0.340 e. The van der Waals surface area contributed by atoms with E-state index in [2.05, 4.69) is 36.6 Å². The number of nitrogens with zero attached hydrogens (tertiary/aromatic N) is 4. The summed E-state index contributed by atoms with van der Waals surface area (Å²) >= 11 is 1.60. The van der Waals surface area contributed by atoms with Crippen LogP contribution in [0.15, 0.2) is 66.4 Å². The summed E-state index contributed by atoms with van der Waals surface area (Å²) < 4.78 is 14.2. The lowest BCUT2D eigenvalue weighted by molar-refractivity contribution is 0.217. The van der Waals surface area contributed by atoms with Crippen molar-refractivity contribution in [1.82, 2.24) is 24.8 Å². The number of carbonyl (C=O) groups is 1. The predicted molar refractivity (Wildman–Crippen MR) is 136 cm³/mol. The molecule has 10 heteroatoms. The van der Waals surface area contributed by atoms with E-state index in [0.717, 1.165) is 44.0 Å². The quantitative estimate of drug-likeness (QED) is 0.300. The minimum absolute atomic E-state index is 0.209. The first-order valence-electron chi connectivity index (χ1n) is 11.1. The van der Waals surface area contributed by atoms with E-state index in [0.29, 0.717) is 25.2 Å². The molecule has 1 aliphatic heterocycles. The van der Waals surface area contributed by atoms with Crippen molar-refractivity contribution < 1.29 is 9.18 Å². The van der Waals surface area contributed by atoms with Gasteiger partial charge in [0.25, 0.3) is 0 Å². The SMILES string of the molecule is O=C(Nc1ccc(F)cc1)N1CC=C(c2cc3c(Nc4ccc5ncsc5c4)ncnc3[nH]2)CC1. The maximum absolute atomic E-state index is 13.1. The molecule has 2 aromatic carbocycles. The van der Waals surface area contributed by atoms with Gasteiger partial charge in [-0.05, 0) is 60.5 Å². The molecular weight excluding hydrogens is 465 g/mol. The Morgan fingerprint density at radius 3 is 2.74 bits per heavy atom. The maximum atomic E-state index is 13.1. The van der Waals surface area contributed by atoms with E-state index < -0.39 is 0 Å². The average Bonchev–Trinajstić information content (AvgIpc) is 3.53. The number of urea groups is 1. The molecule has 0 bridgehead atoms. The molecule has 0 radical (unpaired) electrons. The van der Waals surface area contributed by atoms with Crippen molar-refractivity contribution in [3.8, 4) is 0 Å². The van der Waals surface area contributed by atoms with Gasteiger partial charge in [0.2, 0.25) is 0 Å². The zero-order chi connectivity index (χ0) is 23.8. The highest BCUT2D eigenvalue weighted by atomic mass is 32.1. The first-order chi connectivity index (χ1) is 17.1. The summed E-state index contributed by atoms with van der Waals surface area (Å²) in [4.78, 5) is 30.8. The maximum Gasteiger partial charge on any atom is 0.322 e. The van der Waals surface area contributed by atoms with Gasteiger partial charge in [-0.25, -0.2) is 24.1 Å². The lowest BCUT2D eigenvalue weighted by atomic mass is 10.1. The Kier molecular flexibility index (Phi) is 5.34. The monoisotopic (exact) mass is 485 g/mol. The van der Waals surface area contributed by atoms with E-state index in [9.17, 15) is 9.18 Å². The smallest absolute Gasteiger partial charge is 0.322 e. The van der Waals surface area contributed by atoms with Gasteiger partial charge in [-0.3, -0.25) is 0 Å². The highest BCUT2D eigenvalue weighted by Gasteiger charge is 2.20. The van der Waals surface area contributed by atoms with Crippen molar-refractivity contribution >= 4 is 61.4 Å². The number of anilines is 3. The Hall–Kier alpha value is -4.31. The molecule has 4 heterocycles. The molecule has 8 nitrogen and oxygen atoms in total. The number of fused-ring (bicyclic) bond motifs is 2. The fourth-order valence-electron chi connectivity index (χ4n) is 4.12. The van der Waals surface area contributed by atoms with Crippen LogP contribution in [-0.2, 0) is 0 Å². The number of aromatic nitrogens is 4. The van der Waals surface area contributed by atoms with Crippen LogP contribution in [0.3, 0.4) is 0 Å². The van der Waals surface area contributed by atoms with Crippen LogP contribution in [0.2, 0.25) is 0 Å². The first kappa shape index (κ1) is 21.2. The van der Waals surface area contributed by atoms with Gasteiger partial charge in [-0.15, -0.1) is 11.3 Å². The Morgan fingerprint density at radius 2 is 1.91 bits per heavy atom. The van der Waals surface area contributed by atoms with Gasteiger partial charge in [-0.2, -0.15) is 0 Å². The molecule has 1 aliphatic rings. The van der Waals surface area contributed by atoms with Gasteiger partial charge < -0.3 is 20.5 Å². The molecule has 0 aliphatic carbocycles. The minimum atomic E-state index is -0.337. The van der Waals surface area contributed by atoms with Crippen LogP contribution in [0.25, 0.3) is 26.8 Å². The molecular formula is C25H20FN7OS. The van der Waals surface area contributed by atoms with Crippen molar-refractivity contribution in [3.05, 3.63) is 78.0 Å². The number of amides is 2. The number of benzene rings is 2. The highest BCUT2D eigenvalue weighted by Crippen LogP contribution is 2.30. The Bertz CT molecular complexity index is 1570. The van der Waals surface area contributed by atoms with Crippen molar-refractivity contribution in [2.24, 2.45) is 0 Å². The lowest BCUT2D eigenvalue weighted by Crippen LogP contribution is -2.37. The van der Waals surface area contributed by atoms with E-state index in [1.165, 1.54) is 18.5 Å². The second-order valence-electron chi connectivity index (χ2n) is 8.19. The van der Waals surface area contributed by atoms with E-state index in [1.807, 2.05) is 29.8 Å². The van der Waals surface area contributed by atoms with Gasteiger partial charge in [0.05, 0.1) is 21.1 Å². The van der Waals surface area contributed by atoms with Crippen molar-refractivity contribution in [2.45, 2.75) is 6.42 Å². The Balaban J connectivity index is 1.19. The van der Waals surface area contributed by atoms with Crippen molar-refractivity contribution in [1.29, 1.82) is 0 Å². The van der Waals surface area contributed by atoms with Gasteiger partial charge in [0.1, 0.15) is 23.6 Å². The summed E-state index contributed by atoms with van der Waals surface area (Å²) in [6, 6.07) is 13.6. The molecule has 35 heavy (non-hydrogen) atoms. The first-order valence-corrected chi connectivity index (χ1v) is 12.0. The fourth-order valence-corrected chi connectivity index (χ4v) is 4.83. The van der Waals surface area contributed by atoms with E-state index >= 15 is 0 Å². The molecule has 3 aromatic heterocycles. The highest BCUT2D eigenvalue weighted by molar-refractivity contribution is 7.16. The molecule has 0 fully saturated rings. The third-order valence-corrected chi connectivity index (χ3v) is 6.75. The summed E-state index contributed by atoms with van der Waals surface area (Å²) in [6.45, 7) is 1.04. The van der Waals surface area contributed by atoms with E-state index in [-0.39, 0.29) is 11.8 Å². The minimum Gasteiger partial charge on any atom is -0.340 e. The van der Waals surface area contributed by atoms with Gasteiger partial charge in [-0.1, -0.05) is 6.08 Å². The third-order valence-electron chi connectivity index (χ3n) is 5.96. The molecule has 3 N–H and O–H groups in total. The molecule has 0 saturated heterocycles. The van der Waals surface area contributed by atoms with Crippen LogP contribution in [0.1, 0.15) is 12.1 Å². The zero-order valence-corrected chi connectivity index (χ0v) is 19.3. The average molecular weight is 486 g/mol. The summed E-state index contributed by atoms with van der Waals surface area (Å²) in [6.07, 6.45) is 4.27. The van der Waals surface area contributed by atoms with Gasteiger partial charge in [0, 0.05) is 30.2 Å². The molecule has 174 valence electrons. The molecule has 6 rings (SSSR count). The molecule has 5 aromatic rings. The zero-order valence-electron chi connectivity index (χ0n) is 18.5. The number of hydrogen-bond donors (Lipinski definition) is 3. The van der Waals surface area contributed by atoms with Crippen molar-refractivity contribution in [2.75, 3.05) is 23.7 Å². The molecule has 0 spiro atoms. The topological polar surface area (TPSA) is 98.8 Å². The second-order valence-corrected chi connectivity index (χ2v) is 9.08. The van der Waals surface area contributed by atoms with Crippen LogP contribution < -0.4 is 10.6 Å². The number of H-pyrrole nitrogens is 1. The van der Waals surface area contributed by atoms with Crippen LogP contribution in [0, 0.1) is 5.82 Å². The summed E-state index contributed by atoms with van der Waals surface area (Å²) in [7, 11) is 0. The number of thiazole rings is 1. The molecule has 0 unspecified atom stereocenters. The lowest BCUT2D eigenvalue weighted by Gasteiger charge is -2.26. The second kappa shape index (κ2) is 8.80. The van der Waals surface area contributed by atoms with Crippen LogP contribution in [0.5, 0.6) is 0 Å². The Labute approximate surface area is 203 Å². The molecule has 0 saturated carbocycles. The number of aromatic amines is 1. The van der Waals surface area contributed by atoms with E-state index in [1.54, 1.807) is 28.4 Å². The number of halogens is 1. The standard InChI is InChI=1S/C25H20FN7OS/c26-16-1-3-17(4-2-16)31-25(34)33-9-7-15(8-10-33)21-12-19-23(27-13-28-24(19)32-21)30-18-5-6-20-22(11-18)35-14-29-20/h1-7,11-14H,8-10H2,(H,31,34)(H2,27,28,30,32). The predicted octanol–water partition coefficient (Wildman–Crippen LogP) is 5.77. The molecule has 2 amide bonds. The van der Waals surface area contributed by atoms with E-state index in [4.69, 9.17) is 0 Å². The van der Waals surface area contributed by atoms with Gasteiger partial charge in [0.15, 0.2) is 0 Å². The van der Waals surface area contributed by atoms with Crippen LogP contribution in [0.4, 0.5) is 26.4 Å². The molecule has 0 atom stereocenters.